The molecule has 3 nitrogen and oxygen atoms in total. The van der Waals surface area contributed by atoms with Gasteiger partial charge in [0.1, 0.15) is 5.82 Å². The van der Waals surface area contributed by atoms with Gasteiger partial charge < -0.3 is 5.32 Å². The fourth-order valence-corrected chi connectivity index (χ4v) is 2.07. The van der Waals surface area contributed by atoms with E-state index in [-0.39, 0.29) is 11.5 Å². The van der Waals surface area contributed by atoms with Gasteiger partial charge in [-0.05, 0) is 36.8 Å². The lowest BCUT2D eigenvalue weighted by atomic mass is 10.2. The van der Waals surface area contributed by atoms with Crippen molar-refractivity contribution >= 4 is 34.9 Å². The van der Waals surface area contributed by atoms with E-state index >= 15 is 0 Å². The number of nitrogens with zero attached hydrogens (tertiary/aromatic N) is 1. The summed E-state index contributed by atoms with van der Waals surface area (Å²) in [5, 5.41) is 3.29. The van der Waals surface area contributed by atoms with Crippen LogP contribution in [0.5, 0.6) is 0 Å². The third-order valence-electron chi connectivity index (χ3n) is 2.35. The van der Waals surface area contributed by atoms with E-state index in [0.29, 0.717) is 15.9 Å². The highest BCUT2D eigenvalue weighted by atomic mass is 35.5. The molecule has 1 aromatic carbocycles. The van der Waals surface area contributed by atoms with E-state index in [1.54, 1.807) is 30.5 Å². The lowest BCUT2D eigenvalue weighted by Crippen LogP contribution is -2.14. The molecule has 2 rings (SSSR count). The van der Waals surface area contributed by atoms with Crippen molar-refractivity contribution in [3.05, 3.63) is 57.7 Å². The molecule has 0 aliphatic carbocycles. The van der Waals surface area contributed by atoms with Gasteiger partial charge in [0.2, 0.25) is 0 Å². The van der Waals surface area contributed by atoms with Gasteiger partial charge in [-0.3, -0.25) is 4.79 Å². The molecule has 0 aliphatic rings. The number of carbonyl (C=O) groups is 1. The molecule has 92 valence electrons. The summed E-state index contributed by atoms with van der Waals surface area (Å²) in [6.45, 7) is 1.92. The van der Waals surface area contributed by atoms with Gasteiger partial charge in [-0.2, -0.15) is 0 Å². The summed E-state index contributed by atoms with van der Waals surface area (Å²) < 4.78 is 0. The van der Waals surface area contributed by atoms with E-state index in [1.807, 2.05) is 13.0 Å². The Morgan fingerprint density at radius 2 is 1.89 bits per heavy atom. The van der Waals surface area contributed by atoms with Crippen LogP contribution in [-0.2, 0) is 0 Å². The minimum absolute atomic E-state index is 0.254. The summed E-state index contributed by atoms with van der Waals surface area (Å²) >= 11 is 11.9. The summed E-state index contributed by atoms with van der Waals surface area (Å²) in [4.78, 5) is 16.1. The molecule has 0 atom stereocenters. The van der Waals surface area contributed by atoms with Gasteiger partial charge in [-0.1, -0.05) is 29.3 Å². The maximum Gasteiger partial charge on any atom is 0.259 e. The van der Waals surface area contributed by atoms with Crippen molar-refractivity contribution in [2.24, 2.45) is 0 Å². The minimum atomic E-state index is -0.372. The van der Waals surface area contributed by atoms with Crippen molar-refractivity contribution in [1.82, 2.24) is 4.98 Å². The van der Waals surface area contributed by atoms with Crippen molar-refractivity contribution in [2.45, 2.75) is 6.92 Å². The average molecular weight is 281 g/mol. The van der Waals surface area contributed by atoms with E-state index in [1.165, 1.54) is 0 Å². The smallest absolute Gasteiger partial charge is 0.259 e. The topological polar surface area (TPSA) is 42.0 Å². The van der Waals surface area contributed by atoms with Crippen LogP contribution in [0.4, 0.5) is 5.82 Å². The van der Waals surface area contributed by atoms with Gasteiger partial charge in [-0.15, -0.1) is 0 Å². The molecule has 1 aromatic heterocycles. The second kappa shape index (κ2) is 5.38. The molecule has 1 amide bonds. The number of halogens is 2. The number of rotatable bonds is 2. The number of carbonyl (C=O) groups excluding carboxylic acids is 1. The van der Waals surface area contributed by atoms with Crippen LogP contribution in [0.3, 0.4) is 0 Å². The number of hydrogen-bond acceptors (Lipinski definition) is 2. The molecule has 5 heteroatoms. The first-order valence-electron chi connectivity index (χ1n) is 5.26. The maximum absolute atomic E-state index is 12.0. The van der Waals surface area contributed by atoms with Gasteiger partial charge in [0.05, 0.1) is 15.6 Å². The van der Waals surface area contributed by atoms with Crippen LogP contribution >= 0.6 is 23.2 Å². The monoisotopic (exact) mass is 280 g/mol. The molecule has 2 aromatic rings. The maximum atomic E-state index is 12.0. The van der Waals surface area contributed by atoms with E-state index < -0.39 is 0 Å². The fraction of sp³-hybridized carbons (Fsp3) is 0.0769. The third kappa shape index (κ3) is 2.81. The highest BCUT2D eigenvalue weighted by Crippen LogP contribution is 2.25. The van der Waals surface area contributed by atoms with Crippen molar-refractivity contribution in [3.8, 4) is 0 Å². The van der Waals surface area contributed by atoms with E-state index in [9.17, 15) is 4.79 Å². The quantitative estimate of drug-likeness (QED) is 0.905. The van der Waals surface area contributed by atoms with Gasteiger partial charge in [0.25, 0.3) is 5.91 Å². The lowest BCUT2D eigenvalue weighted by Gasteiger charge is -2.08. The van der Waals surface area contributed by atoms with Crippen molar-refractivity contribution < 1.29 is 4.79 Å². The van der Waals surface area contributed by atoms with Crippen molar-refractivity contribution in [2.75, 3.05) is 5.32 Å². The standard InChI is InChI=1S/C13H10Cl2N2O/c1-8-5-6-16-11(7-8)17-13(18)12-9(14)3-2-4-10(12)15/h2-7H,1H3,(H,16,17,18). The van der Waals surface area contributed by atoms with E-state index in [0.717, 1.165) is 5.56 Å². The molecule has 0 fully saturated rings. The number of amides is 1. The Morgan fingerprint density at radius 1 is 1.22 bits per heavy atom. The van der Waals surface area contributed by atoms with Crippen LogP contribution in [0, 0.1) is 6.92 Å². The number of pyridine rings is 1. The molecule has 0 unspecified atom stereocenters. The zero-order valence-electron chi connectivity index (χ0n) is 9.58. The fourth-order valence-electron chi connectivity index (χ4n) is 1.50. The molecule has 1 N–H and O–H groups in total. The molecule has 0 bridgehead atoms. The Hall–Kier alpha value is -1.58. The summed E-state index contributed by atoms with van der Waals surface area (Å²) in [6, 6.07) is 8.53. The van der Waals surface area contributed by atoms with E-state index in [2.05, 4.69) is 10.3 Å². The molecule has 0 spiro atoms. The Balaban J connectivity index is 2.28. The highest BCUT2D eigenvalue weighted by Gasteiger charge is 2.14. The first-order valence-corrected chi connectivity index (χ1v) is 6.01. The summed E-state index contributed by atoms with van der Waals surface area (Å²) in [5.41, 5.74) is 1.26. The Labute approximate surface area is 115 Å². The van der Waals surface area contributed by atoms with Crippen LogP contribution in [0.1, 0.15) is 15.9 Å². The molecular weight excluding hydrogens is 271 g/mol. The lowest BCUT2D eigenvalue weighted by molar-refractivity contribution is 0.102. The molecule has 18 heavy (non-hydrogen) atoms. The van der Waals surface area contributed by atoms with E-state index in [4.69, 9.17) is 23.2 Å². The number of hydrogen-bond donors (Lipinski definition) is 1. The van der Waals surface area contributed by atoms with Crippen LogP contribution in [-0.4, -0.2) is 10.9 Å². The summed E-state index contributed by atoms with van der Waals surface area (Å²) in [5.74, 6) is 0.0969. The zero-order chi connectivity index (χ0) is 13.1. The Kier molecular flexibility index (Phi) is 3.84. The van der Waals surface area contributed by atoms with Gasteiger partial charge >= 0.3 is 0 Å². The predicted molar refractivity (Wildman–Crippen MR) is 73.4 cm³/mol. The van der Waals surface area contributed by atoms with Crippen LogP contribution in [0.15, 0.2) is 36.5 Å². The molecule has 0 saturated heterocycles. The van der Waals surface area contributed by atoms with Gasteiger partial charge in [-0.25, -0.2) is 4.98 Å². The number of nitrogens with one attached hydrogen (secondary N) is 1. The Bertz CT molecular complexity index is 579. The second-order valence-corrected chi connectivity index (χ2v) is 4.58. The summed E-state index contributed by atoms with van der Waals surface area (Å²) in [6.07, 6.45) is 1.62. The summed E-state index contributed by atoms with van der Waals surface area (Å²) in [7, 11) is 0. The van der Waals surface area contributed by atoms with Gasteiger partial charge in [0, 0.05) is 6.20 Å². The molecule has 1 heterocycles. The number of aryl methyl sites for hydroxylation is 1. The Morgan fingerprint density at radius 3 is 2.50 bits per heavy atom. The average Bonchev–Trinajstić information content (AvgIpc) is 2.28. The SMILES string of the molecule is Cc1ccnc(NC(=O)c2c(Cl)cccc2Cl)c1. The number of aromatic nitrogens is 1. The van der Waals surface area contributed by atoms with Crippen LogP contribution in [0.25, 0.3) is 0 Å². The van der Waals surface area contributed by atoms with Crippen molar-refractivity contribution in [1.29, 1.82) is 0 Å². The third-order valence-corrected chi connectivity index (χ3v) is 2.98. The minimum Gasteiger partial charge on any atom is -0.306 e. The molecule has 0 saturated carbocycles. The first-order chi connectivity index (χ1) is 8.58. The molecule has 0 radical (unpaired) electrons. The van der Waals surface area contributed by atoms with Crippen LogP contribution < -0.4 is 5.32 Å². The number of benzene rings is 1. The highest BCUT2D eigenvalue weighted by molar-refractivity contribution is 6.40. The van der Waals surface area contributed by atoms with Crippen molar-refractivity contribution in [3.63, 3.8) is 0 Å². The predicted octanol–water partition coefficient (Wildman–Crippen LogP) is 3.95. The van der Waals surface area contributed by atoms with Gasteiger partial charge in [0.15, 0.2) is 0 Å². The molecule has 0 aliphatic heterocycles. The van der Waals surface area contributed by atoms with Crippen LogP contribution in [0.2, 0.25) is 10.0 Å². The first kappa shape index (κ1) is 12.9. The normalized spacial score (nSPS) is 10.2. The second-order valence-electron chi connectivity index (χ2n) is 3.77. The molecular formula is C13H10Cl2N2O. The largest absolute Gasteiger partial charge is 0.306 e. The number of anilines is 1. The zero-order valence-corrected chi connectivity index (χ0v) is 11.1.